The number of nitrogens with zero attached hydrogens (tertiary/aromatic N) is 2. The molecular formula is C15H22ClN3O3. The Morgan fingerprint density at radius 2 is 1.86 bits per heavy atom. The molecule has 122 valence electrons. The van der Waals surface area contributed by atoms with Gasteiger partial charge in [-0.2, -0.15) is 0 Å². The lowest BCUT2D eigenvalue weighted by molar-refractivity contribution is -0.141. The van der Waals surface area contributed by atoms with Crippen LogP contribution in [0.5, 0.6) is 0 Å². The van der Waals surface area contributed by atoms with E-state index in [1.165, 1.54) is 4.90 Å². The summed E-state index contributed by atoms with van der Waals surface area (Å²) < 4.78 is 5.21. The third-order valence-electron chi connectivity index (χ3n) is 3.38. The van der Waals surface area contributed by atoms with Gasteiger partial charge in [-0.25, -0.2) is 0 Å². The minimum atomic E-state index is -0.111. The number of amides is 2. The summed E-state index contributed by atoms with van der Waals surface area (Å²) in [4.78, 5) is 27.2. The second kappa shape index (κ2) is 9.27. The molecule has 2 rings (SSSR count). The molecule has 0 radical (unpaired) electrons. The van der Waals surface area contributed by atoms with Crippen LogP contribution in [0.1, 0.15) is 0 Å². The standard InChI is InChI=1S/C15H21N3O3.ClH/c1-17(12-15(20)18-7-9-21-10-8-18)14(19)11-16-13-5-3-2-4-6-13;/h2-6,16H,7-12H2,1H3;1H. The van der Waals surface area contributed by atoms with Gasteiger partial charge in [0.1, 0.15) is 0 Å². The van der Waals surface area contributed by atoms with Crippen molar-refractivity contribution < 1.29 is 14.3 Å². The number of benzene rings is 1. The fourth-order valence-electron chi connectivity index (χ4n) is 2.07. The van der Waals surface area contributed by atoms with Gasteiger partial charge in [0.05, 0.1) is 26.3 Å². The summed E-state index contributed by atoms with van der Waals surface area (Å²) in [6.45, 7) is 2.62. The summed E-state index contributed by atoms with van der Waals surface area (Å²) in [5.74, 6) is -0.144. The summed E-state index contributed by atoms with van der Waals surface area (Å²) in [6.07, 6.45) is 0. The van der Waals surface area contributed by atoms with Crippen molar-refractivity contribution in [1.29, 1.82) is 0 Å². The quantitative estimate of drug-likeness (QED) is 0.870. The first-order chi connectivity index (χ1) is 10.2. The highest BCUT2D eigenvalue weighted by atomic mass is 35.5. The van der Waals surface area contributed by atoms with E-state index in [1.54, 1.807) is 11.9 Å². The van der Waals surface area contributed by atoms with Crippen molar-refractivity contribution in [2.24, 2.45) is 0 Å². The lowest BCUT2D eigenvalue weighted by Crippen LogP contribution is -2.46. The molecule has 0 bridgehead atoms. The van der Waals surface area contributed by atoms with Crippen LogP contribution >= 0.6 is 12.4 Å². The number of hydrogen-bond acceptors (Lipinski definition) is 4. The topological polar surface area (TPSA) is 61.9 Å². The molecule has 1 aromatic rings. The minimum Gasteiger partial charge on any atom is -0.378 e. The summed E-state index contributed by atoms with van der Waals surface area (Å²) >= 11 is 0. The van der Waals surface area contributed by atoms with Crippen molar-refractivity contribution in [1.82, 2.24) is 9.80 Å². The third-order valence-corrected chi connectivity index (χ3v) is 3.38. The Hall–Kier alpha value is -1.79. The van der Waals surface area contributed by atoms with Gasteiger partial charge in [-0.1, -0.05) is 18.2 Å². The Labute approximate surface area is 136 Å². The predicted octanol–water partition coefficient (Wildman–Crippen LogP) is 0.838. The minimum absolute atomic E-state index is 0. The van der Waals surface area contributed by atoms with E-state index in [1.807, 2.05) is 30.3 Å². The molecule has 1 aliphatic heterocycles. The molecular weight excluding hydrogens is 306 g/mol. The van der Waals surface area contributed by atoms with E-state index in [0.29, 0.717) is 26.3 Å². The number of para-hydroxylation sites is 1. The maximum atomic E-state index is 12.0. The van der Waals surface area contributed by atoms with E-state index in [9.17, 15) is 9.59 Å². The van der Waals surface area contributed by atoms with Crippen LogP contribution in [0.4, 0.5) is 5.69 Å². The summed E-state index contributed by atoms with van der Waals surface area (Å²) in [5, 5.41) is 3.04. The van der Waals surface area contributed by atoms with E-state index in [0.717, 1.165) is 5.69 Å². The molecule has 6 nitrogen and oxygen atoms in total. The highest BCUT2D eigenvalue weighted by Crippen LogP contribution is 2.04. The summed E-state index contributed by atoms with van der Waals surface area (Å²) in [6, 6.07) is 9.51. The van der Waals surface area contributed by atoms with Crippen molar-refractivity contribution >= 4 is 29.9 Å². The molecule has 0 spiro atoms. The van der Waals surface area contributed by atoms with E-state index < -0.39 is 0 Å². The van der Waals surface area contributed by atoms with Gasteiger partial charge in [-0.05, 0) is 12.1 Å². The van der Waals surface area contributed by atoms with Gasteiger partial charge in [-0.15, -0.1) is 12.4 Å². The van der Waals surface area contributed by atoms with Crippen LogP contribution in [0.3, 0.4) is 0 Å². The van der Waals surface area contributed by atoms with E-state index in [-0.39, 0.29) is 37.3 Å². The maximum absolute atomic E-state index is 12.0. The maximum Gasteiger partial charge on any atom is 0.242 e. The Balaban J connectivity index is 0.00000242. The van der Waals surface area contributed by atoms with Crippen LogP contribution < -0.4 is 5.32 Å². The average molecular weight is 328 g/mol. The van der Waals surface area contributed by atoms with Crippen molar-refractivity contribution in [3.63, 3.8) is 0 Å². The molecule has 1 heterocycles. The van der Waals surface area contributed by atoms with Crippen molar-refractivity contribution in [2.45, 2.75) is 0 Å². The first kappa shape index (κ1) is 18.3. The number of halogens is 1. The molecule has 1 fully saturated rings. The molecule has 1 aliphatic rings. The number of morpholine rings is 1. The fourth-order valence-corrected chi connectivity index (χ4v) is 2.07. The van der Waals surface area contributed by atoms with Crippen molar-refractivity contribution in [3.05, 3.63) is 30.3 Å². The third kappa shape index (κ3) is 5.54. The lowest BCUT2D eigenvalue weighted by Gasteiger charge is -2.28. The molecule has 0 atom stereocenters. The molecule has 2 amide bonds. The summed E-state index contributed by atoms with van der Waals surface area (Å²) in [7, 11) is 1.65. The number of nitrogens with one attached hydrogen (secondary N) is 1. The largest absolute Gasteiger partial charge is 0.378 e. The molecule has 7 heteroatoms. The molecule has 22 heavy (non-hydrogen) atoms. The Morgan fingerprint density at radius 3 is 2.50 bits per heavy atom. The monoisotopic (exact) mass is 327 g/mol. The number of hydrogen-bond donors (Lipinski definition) is 1. The number of anilines is 1. The fraction of sp³-hybridized carbons (Fsp3) is 0.467. The van der Waals surface area contributed by atoms with Gasteiger partial charge in [-0.3, -0.25) is 9.59 Å². The highest BCUT2D eigenvalue weighted by molar-refractivity contribution is 5.86. The van der Waals surface area contributed by atoms with Crippen molar-refractivity contribution in [2.75, 3.05) is 51.8 Å². The smallest absolute Gasteiger partial charge is 0.242 e. The Bertz CT molecular complexity index is 478. The molecule has 1 N–H and O–H groups in total. The van der Waals surface area contributed by atoms with E-state index in [2.05, 4.69) is 5.32 Å². The highest BCUT2D eigenvalue weighted by Gasteiger charge is 2.20. The van der Waals surface area contributed by atoms with Crippen molar-refractivity contribution in [3.8, 4) is 0 Å². The van der Waals surface area contributed by atoms with Gasteiger partial charge in [0, 0.05) is 25.8 Å². The number of rotatable bonds is 5. The normalized spacial score (nSPS) is 14.0. The van der Waals surface area contributed by atoms with Gasteiger partial charge in [0.2, 0.25) is 11.8 Å². The zero-order valence-corrected chi connectivity index (χ0v) is 13.5. The van der Waals surface area contributed by atoms with Gasteiger partial charge in [0.25, 0.3) is 0 Å². The number of carbonyl (C=O) groups is 2. The zero-order valence-electron chi connectivity index (χ0n) is 12.7. The summed E-state index contributed by atoms with van der Waals surface area (Å²) in [5.41, 5.74) is 0.888. The molecule has 0 aliphatic carbocycles. The van der Waals surface area contributed by atoms with E-state index in [4.69, 9.17) is 4.74 Å². The van der Waals surface area contributed by atoms with Gasteiger partial charge >= 0.3 is 0 Å². The van der Waals surface area contributed by atoms with Gasteiger partial charge in [0.15, 0.2) is 0 Å². The number of likely N-dealkylation sites (N-methyl/N-ethyl adjacent to an activating group) is 1. The Morgan fingerprint density at radius 1 is 1.23 bits per heavy atom. The van der Waals surface area contributed by atoms with Crippen LogP contribution in [-0.4, -0.2) is 68.1 Å². The van der Waals surface area contributed by atoms with Crippen LogP contribution in [0.2, 0.25) is 0 Å². The Kier molecular flexibility index (Phi) is 7.70. The van der Waals surface area contributed by atoms with Gasteiger partial charge < -0.3 is 19.9 Å². The molecule has 1 aromatic carbocycles. The van der Waals surface area contributed by atoms with Crippen LogP contribution in [0, 0.1) is 0 Å². The van der Waals surface area contributed by atoms with Crippen LogP contribution in [-0.2, 0) is 14.3 Å². The SMILES string of the molecule is CN(CC(=O)N1CCOCC1)C(=O)CNc1ccccc1.Cl. The van der Waals surface area contributed by atoms with E-state index >= 15 is 0 Å². The molecule has 0 saturated carbocycles. The average Bonchev–Trinajstić information content (AvgIpc) is 2.54. The van der Waals surface area contributed by atoms with Crippen LogP contribution in [0.15, 0.2) is 30.3 Å². The first-order valence-electron chi connectivity index (χ1n) is 7.05. The lowest BCUT2D eigenvalue weighted by atomic mass is 10.3. The predicted molar refractivity (Wildman–Crippen MR) is 87.2 cm³/mol. The zero-order chi connectivity index (χ0) is 15.1. The molecule has 1 saturated heterocycles. The first-order valence-corrected chi connectivity index (χ1v) is 7.05. The second-order valence-electron chi connectivity index (χ2n) is 4.96. The molecule has 0 aromatic heterocycles. The number of ether oxygens (including phenoxy) is 1. The molecule has 0 unspecified atom stereocenters. The second-order valence-corrected chi connectivity index (χ2v) is 4.96. The van der Waals surface area contributed by atoms with Crippen LogP contribution in [0.25, 0.3) is 0 Å². The number of carbonyl (C=O) groups excluding carboxylic acids is 2.